The van der Waals surface area contributed by atoms with E-state index in [1.54, 1.807) is 18.2 Å². The van der Waals surface area contributed by atoms with Crippen LogP contribution in [0.1, 0.15) is 36.0 Å². The van der Waals surface area contributed by atoms with E-state index in [4.69, 9.17) is 5.11 Å². The lowest BCUT2D eigenvalue weighted by Gasteiger charge is -2.25. The molecule has 4 heteroatoms. The lowest BCUT2D eigenvalue weighted by atomic mass is 10.1. The fraction of sp³-hybridized carbons (Fsp3) is 0.500. The molecule has 1 unspecified atom stereocenters. The highest BCUT2D eigenvalue weighted by Crippen LogP contribution is 2.26. The minimum Gasteiger partial charge on any atom is -0.507 e. The number of amides is 1. The number of carbonyl (C=O) groups excluding carboxylic acids is 1. The molecule has 1 heterocycles. The molecule has 1 saturated heterocycles. The average Bonchev–Trinajstić information content (AvgIpc) is 2.84. The van der Waals surface area contributed by atoms with Crippen LogP contribution in [0.4, 0.5) is 0 Å². The highest BCUT2D eigenvalue weighted by atomic mass is 16.3. The zero-order chi connectivity index (χ0) is 13.0. The summed E-state index contributed by atoms with van der Waals surface area (Å²) in [5.41, 5.74) is 0.369. The summed E-state index contributed by atoms with van der Waals surface area (Å²) in [7, 11) is 0. The third-order valence-electron chi connectivity index (χ3n) is 3.47. The molecule has 18 heavy (non-hydrogen) atoms. The predicted molar refractivity (Wildman–Crippen MR) is 68.5 cm³/mol. The summed E-state index contributed by atoms with van der Waals surface area (Å²) in [6.07, 6.45) is 3.53. The van der Waals surface area contributed by atoms with Crippen LogP contribution in [0.25, 0.3) is 0 Å². The van der Waals surface area contributed by atoms with Crippen molar-refractivity contribution >= 4 is 5.91 Å². The number of nitrogens with zero attached hydrogens (tertiary/aromatic N) is 1. The van der Waals surface area contributed by atoms with Gasteiger partial charge in [0.15, 0.2) is 0 Å². The summed E-state index contributed by atoms with van der Waals surface area (Å²) in [4.78, 5) is 14.2. The Kier molecular flexibility index (Phi) is 4.20. The van der Waals surface area contributed by atoms with Crippen LogP contribution < -0.4 is 0 Å². The summed E-state index contributed by atoms with van der Waals surface area (Å²) in [5, 5.41) is 18.6. The van der Waals surface area contributed by atoms with Gasteiger partial charge in [0.25, 0.3) is 5.91 Å². The molecule has 0 bridgehead atoms. The third kappa shape index (κ3) is 2.64. The first-order valence-electron chi connectivity index (χ1n) is 6.44. The second-order valence-electron chi connectivity index (χ2n) is 4.68. The van der Waals surface area contributed by atoms with E-state index in [9.17, 15) is 9.90 Å². The first-order valence-corrected chi connectivity index (χ1v) is 6.44. The molecule has 0 aliphatic carbocycles. The second-order valence-corrected chi connectivity index (χ2v) is 4.68. The lowest BCUT2D eigenvalue weighted by Crippen LogP contribution is -2.35. The first-order chi connectivity index (χ1) is 8.74. The van der Waals surface area contributed by atoms with Gasteiger partial charge in [0.1, 0.15) is 5.75 Å². The maximum atomic E-state index is 12.3. The van der Waals surface area contributed by atoms with E-state index in [-0.39, 0.29) is 24.3 Å². The maximum absolute atomic E-state index is 12.3. The number of phenolic OH excluding ortho intramolecular Hbond substituents is 1. The summed E-state index contributed by atoms with van der Waals surface area (Å²) < 4.78 is 0. The molecule has 4 nitrogen and oxygen atoms in total. The van der Waals surface area contributed by atoms with E-state index < -0.39 is 0 Å². The number of benzene rings is 1. The molecule has 0 radical (unpaired) electrons. The number of aliphatic hydroxyl groups is 1. The largest absolute Gasteiger partial charge is 0.507 e. The van der Waals surface area contributed by atoms with E-state index in [2.05, 4.69) is 0 Å². The summed E-state index contributed by atoms with van der Waals surface area (Å²) in [6, 6.07) is 6.85. The van der Waals surface area contributed by atoms with Crippen molar-refractivity contribution in [1.29, 1.82) is 0 Å². The van der Waals surface area contributed by atoms with E-state index in [0.29, 0.717) is 5.56 Å². The number of aliphatic hydroxyl groups excluding tert-OH is 1. The molecule has 1 fully saturated rings. The molecule has 1 amide bonds. The van der Waals surface area contributed by atoms with Crippen molar-refractivity contribution in [2.45, 2.75) is 31.7 Å². The van der Waals surface area contributed by atoms with Crippen molar-refractivity contribution < 1.29 is 15.0 Å². The van der Waals surface area contributed by atoms with Gasteiger partial charge in [0.2, 0.25) is 0 Å². The van der Waals surface area contributed by atoms with Crippen molar-refractivity contribution in [1.82, 2.24) is 4.90 Å². The highest BCUT2D eigenvalue weighted by Gasteiger charge is 2.29. The zero-order valence-corrected chi connectivity index (χ0v) is 10.4. The maximum Gasteiger partial charge on any atom is 0.257 e. The van der Waals surface area contributed by atoms with Crippen LogP contribution >= 0.6 is 0 Å². The van der Waals surface area contributed by atoms with Gasteiger partial charge in [0.05, 0.1) is 5.56 Å². The SMILES string of the molecule is O=C(c1ccccc1O)N1CCCC1CCCO. The van der Waals surface area contributed by atoms with Crippen LogP contribution in [0, 0.1) is 0 Å². The Balaban J connectivity index is 2.10. The topological polar surface area (TPSA) is 60.8 Å². The molecule has 1 aromatic carbocycles. The van der Waals surface area contributed by atoms with Crippen molar-refractivity contribution in [3.05, 3.63) is 29.8 Å². The monoisotopic (exact) mass is 249 g/mol. The molecule has 2 N–H and O–H groups in total. The number of aromatic hydroxyl groups is 1. The number of rotatable bonds is 4. The molecule has 1 aliphatic heterocycles. The van der Waals surface area contributed by atoms with E-state index in [0.717, 1.165) is 32.2 Å². The molecule has 2 rings (SSSR count). The molecule has 0 spiro atoms. The van der Waals surface area contributed by atoms with Gasteiger partial charge < -0.3 is 15.1 Å². The van der Waals surface area contributed by atoms with Gasteiger partial charge in [-0.15, -0.1) is 0 Å². The van der Waals surface area contributed by atoms with Gasteiger partial charge in [-0.1, -0.05) is 12.1 Å². The fourth-order valence-corrected chi connectivity index (χ4v) is 2.54. The molecular weight excluding hydrogens is 230 g/mol. The van der Waals surface area contributed by atoms with Gasteiger partial charge in [-0.3, -0.25) is 4.79 Å². The summed E-state index contributed by atoms with van der Waals surface area (Å²) >= 11 is 0. The number of hydrogen-bond donors (Lipinski definition) is 2. The van der Waals surface area contributed by atoms with Gasteiger partial charge in [-0.25, -0.2) is 0 Å². The Bertz CT molecular complexity index is 419. The molecule has 1 atom stereocenters. The standard InChI is InChI=1S/C14H19NO3/c16-10-4-6-11-5-3-9-15(11)14(18)12-7-1-2-8-13(12)17/h1-2,7-8,11,16-17H,3-6,9-10H2. The molecule has 1 aliphatic rings. The Morgan fingerprint density at radius 1 is 1.39 bits per heavy atom. The molecule has 0 aromatic heterocycles. The minimum absolute atomic E-state index is 0.0373. The Morgan fingerprint density at radius 3 is 2.89 bits per heavy atom. The van der Waals surface area contributed by atoms with Crippen LogP contribution in [-0.2, 0) is 0 Å². The number of hydrogen-bond acceptors (Lipinski definition) is 3. The minimum atomic E-state index is -0.103. The summed E-state index contributed by atoms with van der Waals surface area (Å²) in [5.74, 6) is -0.0659. The Labute approximate surface area is 107 Å². The van der Waals surface area contributed by atoms with Crippen LogP contribution in [0.5, 0.6) is 5.75 Å². The quantitative estimate of drug-likeness (QED) is 0.855. The number of likely N-dealkylation sites (tertiary alicyclic amines) is 1. The summed E-state index contributed by atoms with van der Waals surface area (Å²) in [6.45, 7) is 0.901. The van der Waals surface area contributed by atoms with Crippen LogP contribution in [0.3, 0.4) is 0 Å². The molecular formula is C14H19NO3. The second kappa shape index (κ2) is 5.87. The van der Waals surface area contributed by atoms with Crippen molar-refractivity contribution in [2.24, 2.45) is 0 Å². The average molecular weight is 249 g/mol. The number of para-hydroxylation sites is 1. The first kappa shape index (κ1) is 12.9. The third-order valence-corrected chi connectivity index (χ3v) is 3.47. The van der Waals surface area contributed by atoms with E-state index in [1.807, 2.05) is 4.90 Å². The normalized spacial score (nSPS) is 19.2. The van der Waals surface area contributed by atoms with Crippen LogP contribution in [0.2, 0.25) is 0 Å². The van der Waals surface area contributed by atoms with Crippen molar-refractivity contribution in [2.75, 3.05) is 13.2 Å². The fourth-order valence-electron chi connectivity index (χ4n) is 2.54. The van der Waals surface area contributed by atoms with Gasteiger partial charge in [0, 0.05) is 19.2 Å². The number of carbonyl (C=O) groups is 1. The van der Waals surface area contributed by atoms with Crippen LogP contribution in [-0.4, -0.2) is 40.2 Å². The number of phenols is 1. The van der Waals surface area contributed by atoms with Gasteiger partial charge >= 0.3 is 0 Å². The Hall–Kier alpha value is -1.55. The molecule has 98 valence electrons. The van der Waals surface area contributed by atoms with E-state index >= 15 is 0 Å². The highest BCUT2D eigenvalue weighted by molar-refractivity contribution is 5.97. The lowest BCUT2D eigenvalue weighted by molar-refractivity contribution is 0.0721. The zero-order valence-electron chi connectivity index (χ0n) is 10.4. The van der Waals surface area contributed by atoms with Crippen molar-refractivity contribution in [3.63, 3.8) is 0 Å². The predicted octanol–water partition coefficient (Wildman–Crippen LogP) is 1.77. The van der Waals surface area contributed by atoms with Crippen LogP contribution in [0.15, 0.2) is 24.3 Å². The molecule has 1 aromatic rings. The smallest absolute Gasteiger partial charge is 0.257 e. The van der Waals surface area contributed by atoms with Gasteiger partial charge in [-0.05, 0) is 37.8 Å². The van der Waals surface area contributed by atoms with Gasteiger partial charge in [-0.2, -0.15) is 0 Å². The Morgan fingerprint density at radius 2 is 2.17 bits per heavy atom. The van der Waals surface area contributed by atoms with Crippen molar-refractivity contribution in [3.8, 4) is 5.75 Å². The van der Waals surface area contributed by atoms with E-state index in [1.165, 1.54) is 6.07 Å². The molecule has 0 saturated carbocycles.